The lowest BCUT2D eigenvalue weighted by Gasteiger charge is -2.36. The van der Waals surface area contributed by atoms with Crippen LogP contribution in [-0.4, -0.2) is 42.6 Å². The van der Waals surface area contributed by atoms with Crippen LogP contribution in [-0.2, 0) is 6.42 Å². The Kier molecular flexibility index (Phi) is 5.13. The maximum atomic E-state index is 14.7. The van der Waals surface area contributed by atoms with Crippen LogP contribution in [0.4, 0.5) is 10.1 Å². The van der Waals surface area contributed by atoms with Crippen LogP contribution < -0.4 is 10.2 Å². The summed E-state index contributed by atoms with van der Waals surface area (Å²) in [5.41, 5.74) is 4.96. The zero-order chi connectivity index (χ0) is 20.7. The Morgan fingerprint density at radius 1 is 1.10 bits per heavy atom. The molecular weight excluding hydrogens is 375 g/mol. The molecule has 1 unspecified atom stereocenters. The standard InChI is InChI=1S/C25H31FN4/c1-3-17-8-11-30(16-17)24-14-22(19-6-7-25(27-15-19)29-9-5-10-29)28-23-12-18(4-2)21(26)13-20(23)24/h6-7,12-14,17,27H,3-5,8-11,15-16H2,1-2H3. The maximum absolute atomic E-state index is 14.7. The largest absolute Gasteiger partial charge is 0.371 e. The van der Waals surface area contributed by atoms with Crippen molar-refractivity contribution in [3.8, 4) is 0 Å². The van der Waals surface area contributed by atoms with Crippen molar-refractivity contribution in [2.45, 2.75) is 39.5 Å². The van der Waals surface area contributed by atoms with Crippen molar-refractivity contribution in [2.24, 2.45) is 5.92 Å². The maximum Gasteiger partial charge on any atom is 0.127 e. The Bertz CT molecular complexity index is 1020. The van der Waals surface area contributed by atoms with Gasteiger partial charge < -0.3 is 15.1 Å². The number of aromatic nitrogens is 1. The summed E-state index contributed by atoms with van der Waals surface area (Å²) < 4.78 is 14.7. The molecule has 5 rings (SSSR count). The SMILES string of the molecule is CCc1cc2nc(C3=CC=C(N4CCC4)NC3)cc(N3CCC(CC)C3)c2cc1F. The summed E-state index contributed by atoms with van der Waals surface area (Å²) in [5.74, 6) is 1.81. The third-order valence-corrected chi connectivity index (χ3v) is 6.97. The van der Waals surface area contributed by atoms with E-state index in [1.807, 2.05) is 13.0 Å². The highest BCUT2D eigenvalue weighted by Gasteiger charge is 2.25. The fourth-order valence-electron chi connectivity index (χ4n) is 4.79. The molecule has 2 saturated heterocycles. The van der Waals surface area contributed by atoms with Gasteiger partial charge in [0.05, 0.1) is 11.2 Å². The van der Waals surface area contributed by atoms with Gasteiger partial charge in [-0.3, -0.25) is 0 Å². The number of aryl methyl sites for hydroxylation is 1. The number of allylic oxidation sites excluding steroid dienone is 2. The first kappa shape index (κ1) is 19.4. The molecule has 0 saturated carbocycles. The van der Waals surface area contributed by atoms with Gasteiger partial charge in [0.1, 0.15) is 11.6 Å². The predicted octanol–water partition coefficient (Wildman–Crippen LogP) is 4.71. The number of pyridine rings is 1. The van der Waals surface area contributed by atoms with Gasteiger partial charge in [-0.2, -0.15) is 0 Å². The van der Waals surface area contributed by atoms with Crippen molar-refractivity contribution in [3.05, 3.63) is 53.2 Å². The number of nitrogens with zero attached hydrogens (tertiary/aromatic N) is 3. The van der Waals surface area contributed by atoms with Gasteiger partial charge in [0.15, 0.2) is 0 Å². The van der Waals surface area contributed by atoms with E-state index in [9.17, 15) is 4.39 Å². The molecule has 5 heteroatoms. The summed E-state index contributed by atoms with van der Waals surface area (Å²) in [4.78, 5) is 9.79. The summed E-state index contributed by atoms with van der Waals surface area (Å²) >= 11 is 0. The number of halogens is 1. The molecule has 2 aromatic rings. The van der Waals surface area contributed by atoms with Gasteiger partial charge in [-0.1, -0.05) is 26.3 Å². The number of dihydropyridines is 1. The van der Waals surface area contributed by atoms with E-state index in [0.29, 0.717) is 12.3 Å². The topological polar surface area (TPSA) is 31.4 Å². The molecule has 0 bridgehead atoms. The Balaban J connectivity index is 1.58. The van der Waals surface area contributed by atoms with Crippen molar-refractivity contribution in [1.82, 2.24) is 15.2 Å². The summed E-state index contributed by atoms with van der Waals surface area (Å²) in [6, 6.07) is 5.83. The number of fused-ring (bicyclic) bond motifs is 1. The number of nitrogens with one attached hydrogen (secondary N) is 1. The van der Waals surface area contributed by atoms with E-state index < -0.39 is 0 Å². The number of hydrogen-bond donors (Lipinski definition) is 1. The average Bonchev–Trinajstić information content (AvgIpc) is 3.21. The van der Waals surface area contributed by atoms with Crippen LogP contribution in [0.1, 0.15) is 44.4 Å². The van der Waals surface area contributed by atoms with Gasteiger partial charge in [0.25, 0.3) is 0 Å². The van der Waals surface area contributed by atoms with Gasteiger partial charge in [-0.15, -0.1) is 0 Å². The molecule has 30 heavy (non-hydrogen) atoms. The van der Waals surface area contributed by atoms with Gasteiger partial charge in [-0.25, -0.2) is 9.37 Å². The van der Waals surface area contributed by atoms with Crippen LogP contribution >= 0.6 is 0 Å². The van der Waals surface area contributed by atoms with Crippen molar-refractivity contribution in [1.29, 1.82) is 0 Å². The molecule has 4 nitrogen and oxygen atoms in total. The van der Waals surface area contributed by atoms with E-state index in [1.165, 1.54) is 30.7 Å². The molecule has 4 heterocycles. The minimum Gasteiger partial charge on any atom is -0.371 e. The van der Waals surface area contributed by atoms with E-state index in [1.54, 1.807) is 6.07 Å². The molecule has 1 N–H and O–H groups in total. The minimum absolute atomic E-state index is 0.118. The lowest BCUT2D eigenvalue weighted by atomic mass is 10.0. The number of anilines is 1. The van der Waals surface area contributed by atoms with Crippen LogP contribution in [0.2, 0.25) is 0 Å². The summed E-state index contributed by atoms with van der Waals surface area (Å²) in [6.45, 7) is 9.39. The monoisotopic (exact) mass is 406 g/mol. The number of rotatable bonds is 5. The second-order valence-electron chi connectivity index (χ2n) is 8.79. The van der Waals surface area contributed by atoms with Crippen LogP contribution in [0.3, 0.4) is 0 Å². The highest BCUT2D eigenvalue weighted by Crippen LogP contribution is 2.35. The molecule has 3 aliphatic rings. The summed E-state index contributed by atoms with van der Waals surface area (Å²) in [6.07, 6.45) is 8.73. The van der Waals surface area contributed by atoms with E-state index in [-0.39, 0.29) is 5.82 Å². The summed E-state index contributed by atoms with van der Waals surface area (Å²) in [7, 11) is 0. The van der Waals surface area contributed by atoms with Gasteiger partial charge in [-0.05, 0) is 60.6 Å². The highest BCUT2D eigenvalue weighted by molar-refractivity contribution is 5.94. The van der Waals surface area contributed by atoms with Crippen molar-refractivity contribution < 1.29 is 4.39 Å². The Morgan fingerprint density at radius 2 is 1.97 bits per heavy atom. The fourth-order valence-corrected chi connectivity index (χ4v) is 4.79. The predicted molar refractivity (Wildman–Crippen MR) is 122 cm³/mol. The number of hydrogen-bond acceptors (Lipinski definition) is 4. The lowest BCUT2D eigenvalue weighted by molar-refractivity contribution is 0.223. The zero-order valence-corrected chi connectivity index (χ0v) is 18.0. The molecule has 0 aliphatic carbocycles. The van der Waals surface area contributed by atoms with Gasteiger partial charge in [0, 0.05) is 43.8 Å². The van der Waals surface area contributed by atoms with Crippen molar-refractivity contribution in [2.75, 3.05) is 37.6 Å². The molecule has 158 valence electrons. The third-order valence-electron chi connectivity index (χ3n) is 6.97. The van der Waals surface area contributed by atoms with E-state index in [0.717, 1.165) is 60.6 Å². The summed E-state index contributed by atoms with van der Waals surface area (Å²) in [5, 5.41) is 4.50. The average molecular weight is 407 g/mol. The van der Waals surface area contributed by atoms with Crippen LogP contribution in [0.5, 0.6) is 0 Å². The molecule has 1 aromatic carbocycles. The van der Waals surface area contributed by atoms with Crippen LogP contribution in [0.15, 0.2) is 36.2 Å². The molecule has 1 atom stereocenters. The molecule has 0 amide bonds. The van der Waals surface area contributed by atoms with E-state index in [2.05, 4.69) is 40.3 Å². The molecule has 0 spiro atoms. The van der Waals surface area contributed by atoms with Gasteiger partial charge in [0.2, 0.25) is 0 Å². The normalized spacial score (nSPS) is 21.4. The molecule has 0 radical (unpaired) electrons. The molecule has 1 aromatic heterocycles. The van der Waals surface area contributed by atoms with Crippen LogP contribution in [0.25, 0.3) is 16.5 Å². The minimum atomic E-state index is -0.118. The number of likely N-dealkylation sites (tertiary alicyclic amines) is 1. The Hall–Kier alpha value is -2.56. The molecular formula is C25H31FN4. The second-order valence-corrected chi connectivity index (χ2v) is 8.79. The Labute approximate surface area is 178 Å². The van der Waals surface area contributed by atoms with Gasteiger partial charge >= 0.3 is 0 Å². The first-order valence-corrected chi connectivity index (χ1v) is 11.4. The van der Waals surface area contributed by atoms with Crippen LogP contribution in [0, 0.1) is 11.7 Å². The van der Waals surface area contributed by atoms with E-state index in [4.69, 9.17) is 4.98 Å². The van der Waals surface area contributed by atoms with Crippen molar-refractivity contribution >= 4 is 22.2 Å². The lowest BCUT2D eigenvalue weighted by Crippen LogP contribution is -2.42. The first-order chi connectivity index (χ1) is 14.7. The molecule has 3 aliphatic heterocycles. The number of benzene rings is 1. The van der Waals surface area contributed by atoms with Crippen molar-refractivity contribution in [3.63, 3.8) is 0 Å². The fraction of sp³-hybridized carbons (Fsp3) is 0.480. The first-order valence-electron chi connectivity index (χ1n) is 11.4. The third kappa shape index (κ3) is 3.44. The smallest absolute Gasteiger partial charge is 0.127 e. The van der Waals surface area contributed by atoms with E-state index >= 15 is 0 Å². The second kappa shape index (κ2) is 7.93. The zero-order valence-electron chi connectivity index (χ0n) is 18.0. The highest BCUT2D eigenvalue weighted by atomic mass is 19.1. The quantitative estimate of drug-likeness (QED) is 0.779. The Morgan fingerprint density at radius 3 is 2.60 bits per heavy atom. The molecule has 2 fully saturated rings.